The number of ether oxygens (including phenoxy) is 2. The summed E-state index contributed by atoms with van der Waals surface area (Å²) in [4.78, 5) is 12.1. The monoisotopic (exact) mass is 300 g/mol. The van der Waals surface area contributed by atoms with Crippen LogP contribution in [0.2, 0.25) is 0 Å². The SMILES string of the molecule is COc1ccc(C)c(-c2ccc(=O)n(C3CCOCC3)n2)c1. The Bertz CT molecular complexity index is 718. The molecule has 0 radical (unpaired) electrons. The first-order valence-corrected chi connectivity index (χ1v) is 7.51. The molecule has 1 fully saturated rings. The first-order valence-electron chi connectivity index (χ1n) is 7.51. The molecule has 1 aliphatic rings. The van der Waals surface area contributed by atoms with Gasteiger partial charge in [0, 0.05) is 24.8 Å². The molecule has 22 heavy (non-hydrogen) atoms. The van der Waals surface area contributed by atoms with E-state index in [0.717, 1.165) is 35.4 Å². The zero-order valence-electron chi connectivity index (χ0n) is 12.9. The van der Waals surface area contributed by atoms with Crippen LogP contribution in [-0.4, -0.2) is 30.1 Å². The van der Waals surface area contributed by atoms with Crippen molar-refractivity contribution in [3.63, 3.8) is 0 Å². The van der Waals surface area contributed by atoms with Crippen molar-refractivity contribution in [3.8, 4) is 17.0 Å². The number of rotatable bonds is 3. The van der Waals surface area contributed by atoms with Gasteiger partial charge in [-0.05, 0) is 43.5 Å². The van der Waals surface area contributed by atoms with Crippen molar-refractivity contribution >= 4 is 0 Å². The van der Waals surface area contributed by atoms with E-state index in [-0.39, 0.29) is 11.6 Å². The molecule has 1 aromatic heterocycles. The number of methoxy groups -OCH3 is 1. The maximum atomic E-state index is 12.1. The van der Waals surface area contributed by atoms with Gasteiger partial charge >= 0.3 is 0 Å². The average Bonchev–Trinajstić information content (AvgIpc) is 2.57. The normalized spacial score (nSPS) is 15.7. The van der Waals surface area contributed by atoms with Gasteiger partial charge in [-0.1, -0.05) is 6.07 Å². The van der Waals surface area contributed by atoms with E-state index in [1.165, 1.54) is 0 Å². The Morgan fingerprint density at radius 1 is 1.23 bits per heavy atom. The highest BCUT2D eigenvalue weighted by Gasteiger charge is 2.18. The third kappa shape index (κ3) is 2.90. The van der Waals surface area contributed by atoms with Crippen molar-refractivity contribution in [1.82, 2.24) is 9.78 Å². The molecule has 2 heterocycles. The molecule has 0 unspecified atom stereocenters. The Hall–Kier alpha value is -2.14. The van der Waals surface area contributed by atoms with Crippen LogP contribution in [0.3, 0.4) is 0 Å². The van der Waals surface area contributed by atoms with Crippen LogP contribution >= 0.6 is 0 Å². The maximum absolute atomic E-state index is 12.1. The van der Waals surface area contributed by atoms with Gasteiger partial charge in [0.15, 0.2) is 0 Å². The Labute approximate surface area is 129 Å². The molecule has 1 aromatic carbocycles. The molecule has 3 rings (SSSR count). The highest BCUT2D eigenvalue weighted by atomic mass is 16.5. The summed E-state index contributed by atoms with van der Waals surface area (Å²) in [7, 11) is 1.64. The fourth-order valence-corrected chi connectivity index (χ4v) is 2.76. The zero-order valence-corrected chi connectivity index (χ0v) is 12.9. The maximum Gasteiger partial charge on any atom is 0.267 e. The Kier molecular flexibility index (Phi) is 4.24. The summed E-state index contributed by atoms with van der Waals surface area (Å²) in [6.45, 7) is 3.39. The van der Waals surface area contributed by atoms with Gasteiger partial charge in [-0.2, -0.15) is 5.10 Å². The highest BCUT2D eigenvalue weighted by molar-refractivity contribution is 5.64. The molecule has 0 spiro atoms. The van der Waals surface area contributed by atoms with E-state index in [2.05, 4.69) is 5.10 Å². The predicted molar refractivity (Wildman–Crippen MR) is 84.3 cm³/mol. The molecule has 0 aliphatic carbocycles. The van der Waals surface area contributed by atoms with Gasteiger partial charge in [0.25, 0.3) is 5.56 Å². The van der Waals surface area contributed by atoms with Gasteiger partial charge in [0.2, 0.25) is 0 Å². The summed E-state index contributed by atoms with van der Waals surface area (Å²) in [5, 5.41) is 4.60. The van der Waals surface area contributed by atoms with E-state index in [9.17, 15) is 4.79 Å². The van der Waals surface area contributed by atoms with Gasteiger partial charge in [0.1, 0.15) is 5.75 Å². The van der Waals surface area contributed by atoms with Crippen LogP contribution in [0.5, 0.6) is 5.75 Å². The lowest BCUT2D eigenvalue weighted by molar-refractivity contribution is 0.0649. The largest absolute Gasteiger partial charge is 0.497 e. The van der Waals surface area contributed by atoms with E-state index in [4.69, 9.17) is 9.47 Å². The Morgan fingerprint density at radius 3 is 2.73 bits per heavy atom. The summed E-state index contributed by atoms with van der Waals surface area (Å²) >= 11 is 0. The van der Waals surface area contributed by atoms with E-state index in [0.29, 0.717) is 13.2 Å². The van der Waals surface area contributed by atoms with Crippen molar-refractivity contribution in [2.45, 2.75) is 25.8 Å². The van der Waals surface area contributed by atoms with Crippen LogP contribution in [0.4, 0.5) is 0 Å². The smallest absolute Gasteiger partial charge is 0.267 e. The zero-order chi connectivity index (χ0) is 15.5. The minimum absolute atomic E-state index is 0.0591. The molecule has 0 saturated carbocycles. The molecular formula is C17H20N2O3. The molecule has 0 atom stereocenters. The molecule has 2 aromatic rings. The number of nitrogens with zero attached hydrogens (tertiary/aromatic N) is 2. The summed E-state index contributed by atoms with van der Waals surface area (Å²) in [5.74, 6) is 0.784. The van der Waals surface area contributed by atoms with Crippen molar-refractivity contribution in [3.05, 3.63) is 46.2 Å². The van der Waals surface area contributed by atoms with Crippen molar-refractivity contribution in [1.29, 1.82) is 0 Å². The van der Waals surface area contributed by atoms with Crippen LogP contribution in [0.25, 0.3) is 11.3 Å². The molecule has 0 bridgehead atoms. The average molecular weight is 300 g/mol. The van der Waals surface area contributed by atoms with Crippen LogP contribution in [0.15, 0.2) is 35.1 Å². The number of benzene rings is 1. The van der Waals surface area contributed by atoms with Crippen LogP contribution in [-0.2, 0) is 4.74 Å². The molecular weight excluding hydrogens is 280 g/mol. The molecule has 1 saturated heterocycles. The fraction of sp³-hybridized carbons (Fsp3) is 0.412. The highest BCUT2D eigenvalue weighted by Crippen LogP contribution is 2.26. The van der Waals surface area contributed by atoms with Crippen LogP contribution in [0, 0.1) is 6.92 Å². The minimum Gasteiger partial charge on any atom is -0.497 e. The third-order valence-electron chi connectivity index (χ3n) is 4.08. The first kappa shape index (κ1) is 14.8. The van der Waals surface area contributed by atoms with Crippen molar-refractivity contribution in [2.75, 3.05) is 20.3 Å². The lowest BCUT2D eigenvalue weighted by Gasteiger charge is -2.23. The molecule has 5 nitrogen and oxygen atoms in total. The molecule has 5 heteroatoms. The fourth-order valence-electron chi connectivity index (χ4n) is 2.76. The van der Waals surface area contributed by atoms with Crippen LogP contribution < -0.4 is 10.3 Å². The Morgan fingerprint density at radius 2 is 2.00 bits per heavy atom. The van der Waals surface area contributed by atoms with E-state index in [1.54, 1.807) is 23.9 Å². The second-order valence-electron chi connectivity index (χ2n) is 5.53. The second kappa shape index (κ2) is 6.32. The summed E-state index contributed by atoms with van der Waals surface area (Å²) < 4.78 is 12.3. The molecule has 0 amide bonds. The third-order valence-corrected chi connectivity index (χ3v) is 4.08. The van der Waals surface area contributed by atoms with Crippen molar-refractivity contribution < 1.29 is 9.47 Å². The van der Waals surface area contributed by atoms with Crippen molar-refractivity contribution in [2.24, 2.45) is 0 Å². The van der Waals surface area contributed by atoms with E-state index < -0.39 is 0 Å². The number of hydrogen-bond acceptors (Lipinski definition) is 4. The number of aromatic nitrogens is 2. The first-order chi connectivity index (χ1) is 10.7. The van der Waals surface area contributed by atoms with Gasteiger partial charge in [-0.25, -0.2) is 4.68 Å². The van der Waals surface area contributed by atoms with Gasteiger partial charge < -0.3 is 9.47 Å². The lowest BCUT2D eigenvalue weighted by atomic mass is 10.0. The predicted octanol–water partition coefficient (Wildman–Crippen LogP) is 2.58. The summed E-state index contributed by atoms with van der Waals surface area (Å²) in [6, 6.07) is 9.37. The van der Waals surface area contributed by atoms with Gasteiger partial charge in [0.05, 0.1) is 18.8 Å². The molecule has 0 N–H and O–H groups in total. The summed E-state index contributed by atoms with van der Waals surface area (Å²) in [6.07, 6.45) is 1.65. The molecule has 1 aliphatic heterocycles. The van der Waals surface area contributed by atoms with E-state index >= 15 is 0 Å². The summed E-state index contributed by atoms with van der Waals surface area (Å²) in [5.41, 5.74) is 2.82. The van der Waals surface area contributed by atoms with E-state index in [1.807, 2.05) is 25.1 Å². The van der Waals surface area contributed by atoms with Crippen LogP contribution in [0.1, 0.15) is 24.4 Å². The number of aryl methyl sites for hydroxylation is 1. The van der Waals surface area contributed by atoms with Gasteiger partial charge in [-0.15, -0.1) is 0 Å². The molecule has 116 valence electrons. The van der Waals surface area contributed by atoms with Gasteiger partial charge in [-0.3, -0.25) is 4.79 Å². The topological polar surface area (TPSA) is 53.4 Å². The standard InChI is InChI=1S/C17H20N2O3/c1-12-3-4-14(21-2)11-15(12)16-5-6-17(20)19(18-16)13-7-9-22-10-8-13/h3-6,11,13H,7-10H2,1-2H3. The lowest BCUT2D eigenvalue weighted by Crippen LogP contribution is -2.30. The Balaban J connectivity index is 2.03. The quantitative estimate of drug-likeness (QED) is 0.874. The minimum atomic E-state index is -0.0591. The second-order valence-corrected chi connectivity index (χ2v) is 5.53. The number of hydrogen-bond donors (Lipinski definition) is 0.